The number of nitro groups is 1. The van der Waals surface area contributed by atoms with Crippen LogP contribution in [0, 0.1) is 17.0 Å². The van der Waals surface area contributed by atoms with Crippen molar-refractivity contribution in [3.8, 4) is 5.69 Å². The molecule has 0 bridgehead atoms. The van der Waals surface area contributed by atoms with E-state index >= 15 is 0 Å². The van der Waals surface area contributed by atoms with Gasteiger partial charge in [0.05, 0.1) is 21.2 Å². The summed E-state index contributed by atoms with van der Waals surface area (Å²) in [6, 6.07) is 11.4. The summed E-state index contributed by atoms with van der Waals surface area (Å²) in [5.41, 5.74) is 1.85. The molecule has 7 nitrogen and oxygen atoms in total. The number of para-hydroxylation sites is 1. The van der Waals surface area contributed by atoms with Gasteiger partial charge in [0.25, 0.3) is 11.6 Å². The lowest BCUT2D eigenvalue weighted by atomic mass is 10.1. The third kappa shape index (κ3) is 3.57. The molecule has 1 N–H and O–H groups in total. The van der Waals surface area contributed by atoms with Crippen molar-refractivity contribution in [3.63, 3.8) is 0 Å². The van der Waals surface area contributed by atoms with Gasteiger partial charge in [-0.05, 0) is 24.6 Å². The van der Waals surface area contributed by atoms with Crippen LogP contribution in [0.2, 0.25) is 5.02 Å². The van der Waals surface area contributed by atoms with Crippen LogP contribution in [-0.2, 0) is 6.54 Å². The summed E-state index contributed by atoms with van der Waals surface area (Å²) < 4.78 is 1.93. The van der Waals surface area contributed by atoms with Crippen molar-refractivity contribution in [2.45, 2.75) is 13.5 Å². The molecule has 8 heteroatoms. The normalized spacial score (nSPS) is 10.5. The van der Waals surface area contributed by atoms with E-state index in [4.69, 9.17) is 11.6 Å². The van der Waals surface area contributed by atoms with E-state index in [9.17, 15) is 14.9 Å². The minimum absolute atomic E-state index is 0.0374. The fourth-order valence-corrected chi connectivity index (χ4v) is 2.86. The number of nitro benzene ring substituents is 1. The number of non-ortho nitro benzene ring substituents is 1. The molecule has 0 saturated heterocycles. The summed E-state index contributed by atoms with van der Waals surface area (Å²) in [5, 5.41) is 13.6. The average Bonchev–Trinajstić information content (AvgIpc) is 3.05. The SMILES string of the molecule is Cc1nccn1-c1ccccc1CNC(=O)c1ccc([N+](=O)[O-])cc1Cl. The van der Waals surface area contributed by atoms with Crippen molar-refractivity contribution in [2.24, 2.45) is 0 Å². The molecule has 0 unspecified atom stereocenters. The third-order valence-electron chi connectivity index (χ3n) is 3.92. The Hall–Kier alpha value is -3.19. The number of carbonyl (C=O) groups excluding carboxylic acids is 1. The molecule has 0 fully saturated rings. The summed E-state index contributed by atoms with van der Waals surface area (Å²) in [5.74, 6) is 0.434. The maximum atomic E-state index is 12.4. The first-order chi connectivity index (χ1) is 12.5. The predicted octanol–water partition coefficient (Wildman–Crippen LogP) is 3.67. The number of hydrogen-bond donors (Lipinski definition) is 1. The number of hydrogen-bond acceptors (Lipinski definition) is 4. The number of amides is 1. The van der Waals surface area contributed by atoms with Gasteiger partial charge in [-0.1, -0.05) is 29.8 Å². The lowest BCUT2D eigenvalue weighted by Gasteiger charge is -2.13. The van der Waals surface area contributed by atoms with Crippen molar-refractivity contribution in [3.05, 3.63) is 86.9 Å². The van der Waals surface area contributed by atoms with Gasteiger partial charge in [0.2, 0.25) is 0 Å². The molecule has 0 atom stereocenters. The van der Waals surface area contributed by atoms with Crippen LogP contribution in [-0.4, -0.2) is 20.4 Å². The fraction of sp³-hybridized carbons (Fsp3) is 0.111. The van der Waals surface area contributed by atoms with Gasteiger partial charge in [0.15, 0.2) is 0 Å². The van der Waals surface area contributed by atoms with Gasteiger partial charge in [-0.25, -0.2) is 4.98 Å². The molecule has 1 aromatic heterocycles. The Bertz CT molecular complexity index is 984. The highest BCUT2D eigenvalue weighted by molar-refractivity contribution is 6.34. The van der Waals surface area contributed by atoms with Gasteiger partial charge in [-0.2, -0.15) is 0 Å². The molecular weight excluding hydrogens is 356 g/mol. The highest BCUT2D eigenvalue weighted by atomic mass is 35.5. The average molecular weight is 371 g/mol. The summed E-state index contributed by atoms with van der Waals surface area (Å²) in [4.78, 5) is 26.8. The molecule has 26 heavy (non-hydrogen) atoms. The Morgan fingerprint density at radius 2 is 2.08 bits per heavy atom. The molecule has 0 radical (unpaired) electrons. The van der Waals surface area contributed by atoms with Gasteiger partial charge >= 0.3 is 0 Å². The number of nitrogens with one attached hydrogen (secondary N) is 1. The molecule has 1 heterocycles. The number of nitrogens with zero attached hydrogens (tertiary/aromatic N) is 3. The molecule has 132 valence electrons. The van der Waals surface area contributed by atoms with E-state index in [1.54, 1.807) is 6.20 Å². The molecule has 0 aliphatic rings. The highest BCUT2D eigenvalue weighted by Crippen LogP contribution is 2.23. The summed E-state index contributed by atoms with van der Waals surface area (Å²) >= 11 is 6.01. The van der Waals surface area contributed by atoms with Crippen LogP contribution in [0.3, 0.4) is 0 Å². The maximum absolute atomic E-state index is 12.4. The van der Waals surface area contributed by atoms with Crippen LogP contribution < -0.4 is 5.32 Å². The number of aryl methyl sites for hydroxylation is 1. The van der Waals surface area contributed by atoms with Gasteiger partial charge in [0, 0.05) is 31.1 Å². The second-order valence-electron chi connectivity index (χ2n) is 5.58. The third-order valence-corrected chi connectivity index (χ3v) is 4.24. The molecular formula is C18H15ClN4O3. The van der Waals surface area contributed by atoms with E-state index in [-0.39, 0.29) is 22.8 Å². The van der Waals surface area contributed by atoms with Crippen LogP contribution >= 0.6 is 11.6 Å². The number of rotatable bonds is 5. The monoisotopic (exact) mass is 370 g/mol. The van der Waals surface area contributed by atoms with Crippen molar-refractivity contribution >= 4 is 23.2 Å². The smallest absolute Gasteiger partial charge is 0.270 e. The molecule has 0 aliphatic carbocycles. The molecule has 1 amide bonds. The fourth-order valence-electron chi connectivity index (χ4n) is 2.60. The van der Waals surface area contributed by atoms with E-state index in [0.717, 1.165) is 17.1 Å². The second kappa shape index (κ2) is 7.37. The van der Waals surface area contributed by atoms with Crippen molar-refractivity contribution in [2.75, 3.05) is 0 Å². The van der Waals surface area contributed by atoms with Crippen LogP contribution in [0.15, 0.2) is 54.9 Å². The molecule has 0 spiro atoms. The van der Waals surface area contributed by atoms with E-state index in [2.05, 4.69) is 10.3 Å². The number of benzene rings is 2. The standard InChI is InChI=1S/C18H15ClN4O3/c1-12-20-8-9-22(12)17-5-3-2-4-13(17)11-21-18(24)15-7-6-14(23(25)26)10-16(15)19/h2-10H,11H2,1H3,(H,21,24). The topological polar surface area (TPSA) is 90.1 Å². The first kappa shape index (κ1) is 17.6. The Morgan fingerprint density at radius 3 is 2.73 bits per heavy atom. The zero-order valence-electron chi connectivity index (χ0n) is 13.8. The number of imidazole rings is 1. The molecule has 2 aromatic carbocycles. The quantitative estimate of drug-likeness (QED) is 0.548. The Morgan fingerprint density at radius 1 is 1.31 bits per heavy atom. The van der Waals surface area contributed by atoms with Gasteiger partial charge in [-0.3, -0.25) is 14.9 Å². The van der Waals surface area contributed by atoms with Crippen molar-refractivity contribution < 1.29 is 9.72 Å². The summed E-state index contributed by atoms with van der Waals surface area (Å²) in [6.45, 7) is 2.17. The minimum Gasteiger partial charge on any atom is -0.348 e. The van der Waals surface area contributed by atoms with Crippen LogP contribution in [0.5, 0.6) is 0 Å². The number of halogens is 1. The van der Waals surface area contributed by atoms with Crippen molar-refractivity contribution in [1.82, 2.24) is 14.9 Å². The molecule has 3 aromatic rings. The maximum Gasteiger partial charge on any atom is 0.270 e. The largest absolute Gasteiger partial charge is 0.348 e. The van der Waals surface area contributed by atoms with E-state index < -0.39 is 10.8 Å². The second-order valence-corrected chi connectivity index (χ2v) is 5.98. The van der Waals surface area contributed by atoms with Gasteiger partial charge in [-0.15, -0.1) is 0 Å². The number of aromatic nitrogens is 2. The van der Waals surface area contributed by atoms with Gasteiger partial charge < -0.3 is 9.88 Å². The van der Waals surface area contributed by atoms with Crippen LogP contribution in [0.4, 0.5) is 5.69 Å². The summed E-state index contributed by atoms with van der Waals surface area (Å²) in [6.07, 6.45) is 3.56. The predicted molar refractivity (Wildman–Crippen MR) is 97.6 cm³/mol. The Balaban J connectivity index is 1.79. The molecule has 3 rings (SSSR count). The minimum atomic E-state index is -0.558. The zero-order valence-corrected chi connectivity index (χ0v) is 14.6. The lowest BCUT2D eigenvalue weighted by Crippen LogP contribution is -2.24. The van der Waals surface area contributed by atoms with E-state index in [1.807, 2.05) is 42.0 Å². The first-order valence-corrected chi connectivity index (χ1v) is 8.15. The summed E-state index contributed by atoms with van der Waals surface area (Å²) in [7, 11) is 0. The molecule has 0 aliphatic heterocycles. The molecule has 0 saturated carbocycles. The number of carbonyl (C=O) groups is 1. The van der Waals surface area contributed by atoms with E-state index in [1.165, 1.54) is 18.2 Å². The Kier molecular flexibility index (Phi) is 4.99. The van der Waals surface area contributed by atoms with Crippen molar-refractivity contribution in [1.29, 1.82) is 0 Å². The zero-order chi connectivity index (χ0) is 18.7. The van der Waals surface area contributed by atoms with E-state index in [0.29, 0.717) is 0 Å². The Labute approximate surface area is 154 Å². The lowest BCUT2D eigenvalue weighted by molar-refractivity contribution is -0.384. The highest BCUT2D eigenvalue weighted by Gasteiger charge is 2.15. The van der Waals surface area contributed by atoms with Crippen LogP contribution in [0.1, 0.15) is 21.7 Å². The van der Waals surface area contributed by atoms with Crippen LogP contribution in [0.25, 0.3) is 5.69 Å². The first-order valence-electron chi connectivity index (χ1n) is 7.77. The van der Waals surface area contributed by atoms with Gasteiger partial charge in [0.1, 0.15) is 5.82 Å².